The molecule has 24 heavy (non-hydrogen) atoms. The molecule has 1 aliphatic carbocycles. The number of hydrogen-bond acceptors (Lipinski definition) is 4. The van der Waals surface area contributed by atoms with Crippen molar-refractivity contribution >= 4 is 0 Å². The number of hydrogen-bond donors (Lipinski definition) is 2. The Morgan fingerprint density at radius 3 is 2.71 bits per heavy atom. The molecule has 1 unspecified atom stereocenters. The first kappa shape index (κ1) is 16.7. The van der Waals surface area contributed by atoms with E-state index in [1.54, 1.807) is 20.3 Å². The lowest BCUT2D eigenvalue weighted by Gasteiger charge is -2.17. The van der Waals surface area contributed by atoms with Crippen LogP contribution in [0.25, 0.3) is 0 Å². The smallest absolute Gasteiger partial charge is 0.122 e. The Labute approximate surface area is 143 Å². The number of rotatable bonds is 6. The standard InChI is InChI=1S/C20H25NO3/c1-13-11-19(24-3)15(12-18(13)23-2)9-10-21-16-8-7-14-5-4-6-17(22)20(14)16/h4-6,11-12,16,21-22H,7-10H2,1-3H3. The zero-order valence-corrected chi connectivity index (χ0v) is 14.6. The highest BCUT2D eigenvalue weighted by Gasteiger charge is 2.24. The van der Waals surface area contributed by atoms with Gasteiger partial charge in [0.2, 0.25) is 0 Å². The van der Waals surface area contributed by atoms with Gasteiger partial charge in [0.1, 0.15) is 17.2 Å². The van der Waals surface area contributed by atoms with Gasteiger partial charge in [-0.3, -0.25) is 0 Å². The van der Waals surface area contributed by atoms with E-state index < -0.39 is 0 Å². The Morgan fingerprint density at radius 1 is 1.17 bits per heavy atom. The number of nitrogens with one attached hydrogen (secondary N) is 1. The Morgan fingerprint density at radius 2 is 1.96 bits per heavy atom. The van der Waals surface area contributed by atoms with Gasteiger partial charge in [-0.25, -0.2) is 0 Å². The molecule has 128 valence electrons. The molecular weight excluding hydrogens is 302 g/mol. The van der Waals surface area contributed by atoms with Crippen molar-refractivity contribution in [2.75, 3.05) is 20.8 Å². The van der Waals surface area contributed by atoms with Gasteiger partial charge in [0.05, 0.1) is 14.2 Å². The highest BCUT2D eigenvalue weighted by atomic mass is 16.5. The number of methoxy groups -OCH3 is 2. The summed E-state index contributed by atoms with van der Waals surface area (Å²) < 4.78 is 10.9. The van der Waals surface area contributed by atoms with Crippen molar-refractivity contribution in [3.05, 3.63) is 52.6 Å². The molecule has 0 bridgehead atoms. The van der Waals surface area contributed by atoms with E-state index in [4.69, 9.17) is 9.47 Å². The van der Waals surface area contributed by atoms with E-state index in [1.165, 1.54) is 5.56 Å². The highest BCUT2D eigenvalue weighted by molar-refractivity contribution is 5.46. The molecule has 0 aromatic heterocycles. The SMILES string of the molecule is COc1cc(CCNC2CCc3cccc(O)c32)c(OC)cc1C. The van der Waals surface area contributed by atoms with E-state index in [-0.39, 0.29) is 6.04 Å². The normalized spacial score (nSPS) is 16.0. The van der Waals surface area contributed by atoms with Crippen LogP contribution in [0.1, 0.15) is 34.7 Å². The van der Waals surface area contributed by atoms with E-state index in [9.17, 15) is 5.11 Å². The number of benzene rings is 2. The summed E-state index contributed by atoms with van der Waals surface area (Å²) in [4.78, 5) is 0. The topological polar surface area (TPSA) is 50.7 Å². The minimum Gasteiger partial charge on any atom is -0.508 e. The second-order valence-electron chi connectivity index (χ2n) is 6.28. The minimum atomic E-state index is 0.222. The van der Waals surface area contributed by atoms with Crippen molar-refractivity contribution < 1.29 is 14.6 Å². The molecule has 0 amide bonds. The summed E-state index contributed by atoms with van der Waals surface area (Å²) in [6.45, 7) is 2.84. The average Bonchev–Trinajstić information content (AvgIpc) is 3.00. The van der Waals surface area contributed by atoms with Crippen LogP contribution < -0.4 is 14.8 Å². The van der Waals surface area contributed by atoms with Crippen molar-refractivity contribution in [3.8, 4) is 17.2 Å². The molecule has 4 nitrogen and oxygen atoms in total. The maximum absolute atomic E-state index is 10.1. The molecule has 0 radical (unpaired) electrons. The van der Waals surface area contributed by atoms with Crippen LogP contribution >= 0.6 is 0 Å². The van der Waals surface area contributed by atoms with Gasteiger partial charge in [-0.05, 0) is 67.6 Å². The zero-order chi connectivity index (χ0) is 17.1. The summed E-state index contributed by atoms with van der Waals surface area (Å²) in [6.07, 6.45) is 2.89. The first-order valence-electron chi connectivity index (χ1n) is 8.39. The van der Waals surface area contributed by atoms with E-state index >= 15 is 0 Å². The summed E-state index contributed by atoms with van der Waals surface area (Å²) in [6, 6.07) is 10.1. The molecule has 1 atom stereocenters. The predicted molar refractivity (Wildman–Crippen MR) is 95.2 cm³/mol. The van der Waals surface area contributed by atoms with Crippen LogP contribution in [-0.2, 0) is 12.8 Å². The lowest BCUT2D eigenvalue weighted by atomic mass is 10.0. The summed E-state index contributed by atoms with van der Waals surface area (Å²) in [5.74, 6) is 2.18. The second-order valence-corrected chi connectivity index (χ2v) is 6.28. The average molecular weight is 327 g/mol. The number of aromatic hydroxyl groups is 1. The van der Waals surface area contributed by atoms with Crippen LogP contribution in [0.2, 0.25) is 0 Å². The first-order chi connectivity index (χ1) is 11.6. The van der Waals surface area contributed by atoms with Crippen LogP contribution in [0.4, 0.5) is 0 Å². The Kier molecular flexibility index (Phi) is 4.95. The van der Waals surface area contributed by atoms with Gasteiger partial charge >= 0.3 is 0 Å². The maximum atomic E-state index is 10.1. The Hall–Kier alpha value is -2.20. The number of fused-ring (bicyclic) bond motifs is 1. The third-order valence-corrected chi connectivity index (χ3v) is 4.81. The van der Waals surface area contributed by atoms with Gasteiger partial charge < -0.3 is 19.9 Å². The van der Waals surface area contributed by atoms with Gasteiger partial charge in [-0.1, -0.05) is 12.1 Å². The number of phenols is 1. The van der Waals surface area contributed by atoms with Crippen molar-refractivity contribution in [1.82, 2.24) is 5.32 Å². The molecule has 0 fully saturated rings. The molecule has 3 rings (SSSR count). The van der Waals surface area contributed by atoms with E-state index in [2.05, 4.69) is 17.4 Å². The van der Waals surface area contributed by atoms with Crippen molar-refractivity contribution in [2.24, 2.45) is 0 Å². The predicted octanol–water partition coefficient (Wildman–Crippen LogP) is 3.54. The van der Waals surface area contributed by atoms with Crippen LogP contribution in [0.3, 0.4) is 0 Å². The molecule has 4 heteroatoms. The number of ether oxygens (including phenoxy) is 2. The lowest BCUT2D eigenvalue weighted by molar-refractivity contribution is 0.395. The van der Waals surface area contributed by atoms with Gasteiger partial charge in [-0.2, -0.15) is 0 Å². The van der Waals surface area contributed by atoms with Gasteiger partial charge in [0, 0.05) is 11.6 Å². The fourth-order valence-corrected chi connectivity index (χ4v) is 3.56. The maximum Gasteiger partial charge on any atom is 0.122 e. The third kappa shape index (κ3) is 3.20. The Balaban J connectivity index is 1.68. The molecule has 0 aliphatic heterocycles. The van der Waals surface area contributed by atoms with E-state index in [1.807, 2.05) is 19.1 Å². The molecule has 2 N–H and O–H groups in total. The van der Waals surface area contributed by atoms with Crippen LogP contribution in [0, 0.1) is 6.92 Å². The molecule has 0 spiro atoms. The van der Waals surface area contributed by atoms with E-state index in [0.29, 0.717) is 5.75 Å². The summed E-state index contributed by atoms with van der Waals surface area (Å²) in [5, 5.41) is 13.7. The zero-order valence-electron chi connectivity index (χ0n) is 14.6. The molecule has 0 heterocycles. The second kappa shape index (κ2) is 7.14. The van der Waals surface area contributed by atoms with Crippen molar-refractivity contribution in [2.45, 2.75) is 32.2 Å². The fraction of sp³-hybridized carbons (Fsp3) is 0.400. The van der Waals surface area contributed by atoms with Crippen LogP contribution in [-0.4, -0.2) is 25.9 Å². The fourth-order valence-electron chi connectivity index (χ4n) is 3.56. The van der Waals surface area contributed by atoms with Gasteiger partial charge in [0.15, 0.2) is 0 Å². The van der Waals surface area contributed by atoms with Crippen LogP contribution in [0.5, 0.6) is 17.2 Å². The van der Waals surface area contributed by atoms with Crippen molar-refractivity contribution in [3.63, 3.8) is 0 Å². The van der Waals surface area contributed by atoms with Crippen molar-refractivity contribution in [1.29, 1.82) is 0 Å². The number of phenolic OH excluding ortho intramolecular Hbond substituents is 1. The summed E-state index contributed by atoms with van der Waals surface area (Å²) in [5.41, 5.74) is 4.51. The largest absolute Gasteiger partial charge is 0.508 e. The highest BCUT2D eigenvalue weighted by Crippen LogP contribution is 2.37. The third-order valence-electron chi connectivity index (χ3n) is 4.81. The first-order valence-corrected chi connectivity index (χ1v) is 8.39. The lowest BCUT2D eigenvalue weighted by Crippen LogP contribution is -2.22. The number of aryl methyl sites for hydroxylation is 2. The molecule has 1 aliphatic rings. The molecular formula is C20H25NO3. The minimum absolute atomic E-state index is 0.222. The molecule has 0 saturated carbocycles. The summed E-state index contributed by atoms with van der Waals surface area (Å²) >= 11 is 0. The van der Waals surface area contributed by atoms with E-state index in [0.717, 1.165) is 54.0 Å². The quantitative estimate of drug-likeness (QED) is 0.852. The molecule has 2 aromatic carbocycles. The van der Waals surface area contributed by atoms with Gasteiger partial charge in [0.25, 0.3) is 0 Å². The van der Waals surface area contributed by atoms with Gasteiger partial charge in [-0.15, -0.1) is 0 Å². The molecule has 2 aromatic rings. The molecule has 0 saturated heterocycles. The Bertz CT molecular complexity index is 727. The summed E-state index contributed by atoms with van der Waals surface area (Å²) in [7, 11) is 3.39. The van der Waals surface area contributed by atoms with Crippen LogP contribution in [0.15, 0.2) is 30.3 Å². The monoisotopic (exact) mass is 327 g/mol.